The maximum Gasteiger partial charge on any atom is 0.213 e. The van der Waals surface area contributed by atoms with Gasteiger partial charge in [-0.2, -0.15) is 0 Å². The minimum absolute atomic E-state index is 0.303. The number of rotatable bonds is 5. The molecule has 0 N–H and O–H groups in total. The monoisotopic (exact) mass is 403 g/mol. The molecule has 1 aliphatic rings. The van der Waals surface area contributed by atoms with Crippen molar-refractivity contribution in [2.45, 2.75) is 13.0 Å². The number of piperazine rings is 1. The molecule has 0 saturated carbocycles. The molecule has 5 nitrogen and oxygen atoms in total. The van der Waals surface area contributed by atoms with Crippen LogP contribution in [0, 0.1) is 6.92 Å². The Kier molecular flexibility index (Phi) is 5.91. The van der Waals surface area contributed by atoms with Crippen molar-refractivity contribution in [3.63, 3.8) is 0 Å². The zero-order valence-corrected chi connectivity index (χ0v) is 18.1. The SMILES string of the molecule is COc1ccc(C2CN(c3ccc(OC)nc3-c3ccc(C)cc3)CCN2C)cc1. The summed E-state index contributed by atoms with van der Waals surface area (Å²) in [5, 5.41) is 0. The zero-order chi connectivity index (χ0) is 21.1. The number of likely N-dealkylation sites (N-methyl/N-ethyl adjacent to an activating group) is 1. The Morgan fingerprint density at radius 1 is 0.867 bits per heavy atom. The number of anilines is 1. The third-order valence-corrected chi connectivity index (χ3v) is 5.87. The molecule has 4 rings (SSSR count). The predicted molar refractivity (Wildman–Crippen MR) is 122 cm³/mol. The average Bonchev–Trinajstić information content (AvgIpc) is 2.80. The third-order valence-electron chi connectivity index (χ3n) is 5.87. The number of ether oxygens (including phenoxy) is 2. The maximum atomic E-state index is 5.42. The lowest BCUT2D eigenvalue weighted by atomic mass is 10.0. The number of pyridine rings is 1. The molecular formula is C25H29N3O2. The molecule has 2 aromatic carbocycles. The van der Waals surface area contributed by atoms with Crippen LogP contribution in [-0.4, -0.2) is 50.8 Å². The Bertz CT molecular complexity index is 986. The van der Waals surface area contributed by atoms with Gasteiger partial charge in [0.15, 0.2) is 0 Å². The first-order valence-electron chi connectivity index (χ1n) is 10.3. The zero-order valence-electron chi connectivity index (χ0n) is 18.1. The van der Waals surface area contributed by atoms with Crippen LogP contribution >= 0.6 is 0 Å². The van der Waals surface area contributed by atoms with E-state index in [4.69, 9.17) is 14.5 Å². The molecule has 1 atom stereocenters. The summed E-state index contributed by atoms with van der Waals surface area (Å²) in [6, 6.07) is 21.3. The summed E-state index contributed by atoms with van der Waals surface area (Å²) < 4.78 is 10.7. The molecule has 5 heteroatoms. The second-order valence-electron chi connectivity index (χ2n) is 7.80. The highest BCUT2D eigenvalue weighted by Gasteiger charge is 2.27. The molecule has 0 spiro atoms. The van der Waals surface area contributed by atoms with Crippen molar-refractivity contribution >= 4 is 5.69 Å². The van der Waals surface area contributed by atoms with Gasteiger partial charge in [0.05, 0.1) is 31.6 Å². The summed E-state index contributed by atoms with van der Waals surface area (Å²) >= 11 is 0. The average molecular weight is 404 g/mol. The lowest BCUT2D eigenvalue weighted by molar-refractivity contribution is 0.221. The van der Waals surface area contributed by atoms with E-state index < -0.39 is 0 Å². The summed E-state index contributed by atoms with van der Waals surface area (Å²) in [6.45, 7) is 4.94. The Morgan fingerprint density at radius 3 is 2.27 bits per heavy atom. The molecule has 30 heavy (non-hydrogen) atoms. The molecule has 1 aromatic heterocycles. The molecule has 0 amide bonds. The molecule has 3 aromatic rings. The van der Waals surface area contributed by atoms with Crippen molar-refractivity contribution < 1.29 is 9.47 Å². The van der Waals surface area contributed by atoms with Gasteiger partial charge in [-0.25, -0.2) is 4.98 Å². The highest BCUT2D eigenvalue weighted by Crippen LogP contribution is 2.35. The van der Waals surface area contributed by atoms with Crippen LogP contribution in [0.3, 0.4) is 0 Å². The number of aromatic nitrogens is 1. The molecule has 1 unspecified atom stereocenters. The van der Waals surface area contributed by atoms with Gasteiger partial charge in [-0.1, -0.05) is 42.0 Å². The van der Waals surface area contributed by atoms with Crippen LogP contribution in [0.15, 0.2) is 60.7 Å². The van der Waals surface area contributed by atoms with E-state index in [2.05, 4.69) is 66.2 Å². The van der Waals surface area contributed by atoms with Crippen LogP contribution in [0.2, 0.25) is 0 Å². The number of methoxy groups -OCH3 is 2. The Morgan fingerprint density at radius 2 is 1.60 bits per heavy atom. The quantitative estimate of drug-likeness (QED) is 0.624. The van der Waals surface area contributed by atoms with E-state index in [1.807, 2.05) is 18.2 Å². The van der Waals surface area contributed by atoms with E-state index in [1.165, 1.54) is 11.1 Å². The van der Waals surface area contributed by atoms with E-state index >= 15 is 0 Å². The fraction of sp³-hybridized carbons (Fsp3) is 0.320. The van der Waals surface area contributed by atoms with Crippen LogP contribution in [0.5, 0.6) is 11.6 Å². The van der Waals surface area contributed by atoms with Gasteiger partial charge >= 0.3 is 0 Å². The van der Waals surface area contributed by atoms with Gasteiger partial charge in [0.2, 0.25) is 5.88 Å². The van der Waals surface area contributed by atoms with Crippen LogP contribution in [0.1, 0.15) is 17.2 Å². The van der Waals surface area contributed by atoms with Gasteiger partial charge in [-0.3, -0.25) is 4.90 Å². The summed E-state index contributed by atoms with van der Waals surface area (Å²) in [7, 11) is 5.56. The van der Waals surface area contributed by atoms with Gasteiger partial charge < -0.3 is 14.4 Å². The summed E-state index contributed by atoms with van der Waals surface area (Å²) in [5.41, 5.74) is 5.75. The van der Waals surface area contributed by atoms with Gasteiger partial charge in [0.1, 0.15) is 5.75 Å². The second-order valence-corrected chi connectivity index (χ2v) is 7.80. The van der Waals surface area contributed by atoms with Crippen molar-refractivity contribution in [1.29, 1.82) is 0 Å². The van der Waals surface area contributed by atoms with Gasteiger partial charge in [-0.05, 0) is 37.7 Å². The van der Waals surface area contributed by atoms with E-state index in [-0.39, 0.29) is 0 Å². The highest BCUT2D eigenvalue weighted by atomic mass is 16.5. The smallest absolute Gasteiger partial charge is 0.213 e. The Balaban J connectivity index is 1.68. The number of hydrogen-bond donors (Lipinski definition) is 0. The van der Waals surface area contributed by atoms with Crippen molar-refractivity contribution in [2.24, 2.45) is 0 Å². The molecule has 0 bridgehead atoms. The van der Waals surface area contributed by atoms with E-state index in [0.717, 1.165) is 42.3 Å². The van der Waals surface area contributed by atoms with Crippen LogP contribution in [0.4, 0.5) is 5.69 Å². The second kappa shape index (κ2) is 8.76. The first-order valence-corrected chi connectivity index (χ1v) is 10.3. The van der Waals surface area contributed by atoms with Crippen molar-refractivity contribution in [3.05, 3.63) is 71.8 Å². The Hall–Kier alpha value is -3.05. The first kappa shape index (κ1) is 20.2. The fourth-order valence-electron chi connectivity index (χ4n) is 4.01. The largest absolute Gasteiger partial charge is 0.497 e. The van der Waals surface area contributed by atoms with Crippen LogP contribution < -0.4 is 14.4 Å². The number of benzene rings is 2. The fourth-order valence-corrected chi connectivity index (χ4v) is 4.01. The molecule has 1 aliphatic heterocycles. The van der Waals surface area contributed by atoms with E-state index in [0.29, 0.717) is 11.9 Å². The molecule has 1 fully saturated rings. The molecule has 0 radical (unpaired) electrons. The topological polar surface area (TPSA) is 37.8 Å². The van der Waals surface area contributed by atoms with Crippen molar-refractivity contribution in [1.82, 2.24) is 9.88 Å². The van der Waals surface area contributed by atoms with Crippen molar-refractivity contribution in [2.75, 3.05) is 45.8 Å². The first-order chi connectivity index (χ1) is 14.6. The number of hydrogen-bond acceptors (Lipinski definition) is 5. The lowest BCUT2D eigenvalue weighted by Gasteiger charge is -2.41. The van der Waals surface area contributed by atoms with Crippen LogP contribution in [-0.2, 0) is 0 Å². The minimum atomic E-state index is 0.303. The predicted octanol–water partition coefficient (Wildman–Crippen LogP) is 4.57. The van der Waals surface area contributed by atoms with Crippen molar-refractivity contribution in [3.8, 4) is 22.9 Å². The molecule has 2 heterocycles. The Labute approximate surface area is 178 Å². The standard InChI is InChI=1S/C25H29N3O2/c1-18-5-7-20(8-6-18)25-22(13-14-24(26-25)30-4)28-16-15-27(2)23(17-28)19-9-11-21(29-3)12-10-19/h5-14,23H,15-17H2,1-4H3. The normalized spacial score (nSPS) is 17.1. The summed E-state index contributed by atoms with van der Waals surface area (Å²) in [4.78, 5) is 9.67. The lowest BCUT2D eigenvalue weighted by Crippen LogP contribution is -2.47. The molecule has 0 aliphatic carbocycles. The number of aryl methyl sites for hydroxylation is 1. The number of nitrogens with zero attached hydrogens (tertiary/aromatic N) is 3. The van der Waals surface area contributed by atoms with Crippen LogP contribution in [0.25, 0.3) is 11.3 Å². The summed E-state index contributed by atoms with van der Waals surface area (Å²) in [5.74, 6) is 1.52. The van der Waals surface area contributed by atoms with Gasteiger partial charge in [-0.15, -0.1) is 0 Å². The third kappa shape index (κ3) is 4.12. The summed E-state index contributed by atoms with van der Waals surface area (Å²) in [6.07, 6.45) is 0. The van der Waals surface area contributed by atoms with Gasteiger partial charge in [0, 0.05) is 31.3 Å². The molecular weight excluding hydrogens is 374 g/mol. The maximum absolute atomic E-state index is 5.42. The van der Waals surface area contributed by atoms with E-state index in [1.54, 1.807) is 14.2 Å². The molecule has 156 valence electrons. The minimum Gasteiger partial charge on any atom is -0.497 e. The highest BCUT2D eigenvalue weighted by molar-refractivity contribution is 5.76. The molecule has 1 saturated heterocycles. The van der Waals surface area contributed by atoms with E-state index in [9.17, 15) is 0 Å². The van der Waals surface area contributed by atoms with Gasteiger partial charge in [0.25, 0.3) is 0 Å².